The van der Waals surface area contributed by atoms with Crippen molar-refractivity contribution in [3.63, 3.8) is 0 Å². The molecular formula is C14H20ClNO2. The van der Waals surface area contributed by atoms with Crippen LogP contribution in [0.2, 0.25) is 0 Å². The molecule has 1 saturated heterocycles. The van der Waals surface area contributed by atoms with Crippen molar-refractivity contribution in [2.75, 3.05) is 20.2 Å². The normalized spacial score (nSPS) is 20.5. The van der Waals surface area contributed by atoms with Gasteiger partial charge in [-0.1, -0.05) is 6.07 Å². The van der Waals surface area contributed by atoms with Crippen molar-refractivity contribution in [3.8, 4) is 11.5 Å². The Bertz CT molecular complexity index is 416. The van der Waals surface area contributed by atoms with Crippen molar-refractivity contribution in [1.82, 2.24) is 5.32 Å². The van der Waals surface area contributed by atoms with Gasteiger partial charge in [0.25, 0.3) is 0 Å². The zero-order valence-corrected chi connectivity index (χ0v) is 11.5. The maximum Gasteiger partial charge on any atom is 0.127 e. The number of ether oxygens (including phenoxy) is 2. The van der Waals surface area contributed by atoms with Crippen LogP contribution in [-0.4, -0.2) is 25.8 Å². The number of rotatable bonds is 1. The number of hydrogen-bond acceptors (Lipinski definition) is 3. The number of hydrogen-bond donors (Lipinski definition) is 1. The Kier molecular flexibility index (Phi) is 4.03. The van der Waals surface area contributed by atoms with E-state index in [9.17, 15) is 0 Å². The average Bonchev–Trinajstić information content (AvgIpc) is 2.39. The molecule has 0 aromatic heterocycles. The number of halogens is 1. The van der Waals surface area contributed by atoms with Crippen LogP contribution < -0.4 is 14.8 Å². The summed E-state index contributed by atoms with van der Waals surface area (Å²) in [6, 6.07) is 6.17. The van der Waals surface area contributed by atoms with Crippen LogP contribution >= 0.6 is 12.4 Å². The topological polar surface area (TPSA) is 30.5 Å². The molecule has 0 saturated carbocycles. The van der Waals surface area contributed by atoms with Crippen molar-refractivity contribution in [1.29, 1.82) is 0 Å². The van der Waals surface area contributed by atoms with Gasteiger partial charge in [-0.15, -0.1) is 12.4 Å². The zero-order chi connectivity index (χ0) is 11.7. The van der Waals surface area contributed by atoms with Gasteiger partial charge in [0.1, 0.15) is 17.1 Å². The predicted molar refractivity (Wildman–Crippen MR) is 74.0 cm³/mol. The predicted octanol–water partition coefficient (Wildman–Crippen LogP) is 2.56. The fourth-order valence-corrected chi connectivity index (χ4v) is 2.84. The summed E-state index contributed by atoms with van der Waals surface area (Å²) in [5.74, 6) is 1.91. The molecule has 0 amide bonds. The number of nitrogens with one attached hydrogen (secondary N) is 1. The lowest BCUT2D eigenvalue weighted by atomic mass is 9.84. The van der Waals surface area contributed by atoms with Crippen molar-refractivity contribution in [2.24, 2.45) is 0 Å². The Morgan fingerprint density at radius 2 is 2.00 bits per heavy atom. The van der Waals surface area contributed by atoms with Gasteiger partial charge in [-0.3, -0.25) is 0 Å². The van der Waals surface area contributed by atoms with Crippen molar-refractivity contribution in [2.45, 2.75) is 31.3 Å². The highest BCUT2D eigenvalue weighted by Crippen LogP contribution is 2.39. The van der Waals surface area contributed by atoms with Gasteiger partial charge in [-0.2, -0.15) is 0 Å². The van der Waals surface area contributed by atoms with E-state index in [1.54, 1.807) is 7.11 Å². The lowest BCUT2D eigenvalue weighted by Gasteiger charge is -2.41. The maximum absolute atomic E-state index is 6.28. The van der Waals surface area contributed by atoms with Gasteiger partial charge < -0.3 is 14.8 Å². The lowest BCUT2D eigenvalue weighted by molar-refractivity contribution is 0.0168. The van der Waals surface area contributed by atoms with Gasteiger partial charge in [0, 0.05) is 6.07 Å². The maximum atomic E-state index is 6.28. The number of methoxy groups -OCH3 is 1. The Morgan fingerprint density at radius 3 is 2.72 bits per heavy atom. The number of piperidine rings is 1. The lowest BCUT2D eigenvalue weighted by Crippen LogP contribution is -2.48. The molecule has 0 atom stereocenters. The molecule has 2 aliphatic rings. The molecular weight excluding hydrogens is 250 g/mol. The molecule has 3 rings (SSSR count). The standard InChI is InChI=1S/C14H19NO2.ClH/c1-16-12-3-2-11-4-5-14(17-13(11)10-12)6-8-15-9-7-14;/h2-3,10,15H,4-9H2,1H3;1H. The van der Waals surface area contributed by atoms with Crippen molar-refractivity contribution < 1.29 is 9.47 Å². The van der Waals surface area contributed by atoms with Crippen LogP contribution in [-0.2, 0) is 6.42 Å². The Labute approximate surface area is 114 Å². The molecule has 3 nitrogen and oxygen atoms in total. The first kappa shape index (κ1) is 13.5. The molecule has 18 heavy (non-hydrogen) atoms. The van der Waals surface area contributed by atoms with Gasteiger partial charge in [-0.05, 0) is 50.4 Å². The molecule has 2 aliphatic heterocycles. The molecule has 4 heteroatoms. The summed E-state index contributed by atoms with van der Waals surface area (Å²) < 4.78 is 11.5. The summed E-state index contributed by atoms with van der Waals surface area (Å²) in [5.41, 5.74) is 1.39. The summed E-state index contributed by atoms with van der Waals surface area (Å²) in [6.07, 6.45) is 4.50. The molecule has 1 aromatic carbocycles. The largest absolute Gasteiger partial charge is 0.497 e. The first-order chi connectivity index (χ1) is 8.31. The fraction of sp³-hybridized carbons (Fsp3) is 0.571. The quantitative estimate of drug-likeness (QED) is 0.850. The second-order valence-electron chi connectivity index (χ2n) is 5.01. The van der Waals surface area contributed by atoms with Gasteiger partial charge in [-0.25, -0.2) is 0 Å². The summed E-state index contributed by atoms with van der Waals surface area (Å²) in [4.78, 5) is 0. The van der Waals surface area contributed by atoms with Crippen molar-refractivity contribution >= 4 is 12.4 Å². The van der Waals surface area contributed by atoms with E-state index in [4.69, 9.17) is 9.47 Å². The molecule has 1 fully saturated rings. The molecule has 0 unspecified atom stereocenters. The van der Waals surface area contributed by atoms with E-state index in [0.717, 1.165) is 50.3 Å². The van der Waals surface area contributed by atoms with E-state index >= 15 is 0 Å². The SMILES string of the molecule is COc1ccc2c(c1)OC1(CCNCC1)CC2.Cl. The van der Waals surface area contributed by atoms with Crippen LogP contribution in [0.1, 0.15) is 24.8 Å². The Balaban J connectivity index is 0.00000120. The highest BCUT2D eigenvalue weighted by atomic mass is 35.5. The number of fused-ring (bicyclic) bond motifs is 1. The summed E-state index contributed by atoms with van der Waals surface area (Å²) in [6.45, 7) is 2.14. The highest BCUT2D eigenvalue weighted by molar-refractivity contribution is 5.85. The average molecular weight is 270 g/mol. The van der Waals surface area contributed by atoms with E-state index in [1.807, 2.05) is 12.1 Å². The van der Waals surface area contributed by atoms with Gasteiger partial charge in [0.2, 0.25) is 0 Å². The Hall–Kier alpha value is -0.930. The molecule has 1 aromatic rings. The van der Waals surface area contributed by atoms with Crippen LogP contribution in [0.4, 0.5) is 0 Å². The summed E-state index contributed by atoms with van der Waals surface area (Å²) in [7, 11) is 1.70. The molecule has 0 bridgehead atoms. The minimum Gasteiger partial charge on any atom is -0.497 e. The van der Waals surface area contributed by atoms with Crippen LogP contribution in [0.3, 0.4) is 0 Å². The van der Waals surface area contributed by atoms with Crippen LogP contribution in [0.15, 0.2) is 18.2 Å². The van der Waals surface area contributed by atoms with E-state index in [-0.39, 0.29) is 18.0 Å². The monoisotopic (exact) mass is 269 g/mol. The van der Waals surface area contributed by atoms with Crippen LogP contribution in [0.25, 0.3) is 0 Å². The first-order valence-electron chi connectivity index (χ1n) is 6.38. The van der Waals surface area contributed by atoms with E-state index in [2.05, 4.69) is 11.4 Å². The second-order valence-corrected chi connectivity index (χ2v) is 5.01. The zero-order valence-electron chi connectivity index (χ0n) is 10.7. The molecule has 0 aliphatic carbocycles. The molecule has 100 valence electrons. The summed E-state index contributed by atoms with van der Waals surface area (Å²) in [5, 5.41) is 3.40. The fourth-order valence-electron chi connectivity index (χ4n) is 2.84. The molecule has 2 heterocycles. The Morgan fingerprint density at radius 1 is 1.22 bits per heavy atom. The van der Waals surface area contributed by atoms with E-state index in [0.29, 0.717) is 0 Å². The third kappa shape index (κ3) is 2.43. The van der Waals surface area contributed by atoms with Gasteiger partial charge in [0.05, 0.1) is 7.11 Å². The first-order valence-corrected chi connectivity index (χ1v) is 6.38. The smallest absolute Gasteiger partial charge is 0.127 e. The summed E-state index contributed by atoms with van der Waals surface area (Å²) >= 11 is 0. The second kappa shape index (κ2) is 5.37. The number of benzene rings is 1. The van der Waals surface area contributed by atoms with Gasteiger partial charge in [0.15, 0.2) is 0 Å². The third-order valence-electron chi connectivity index (χ3n) is 3.97. The minimum atomic E-state index is 0. The molecule has 0 radical (unpaired) electrons. The van der Waals surface area contributed by atoms with E-state index in [1.165, 1.54) is 5.56 Å². The van der Waals surface area contributed by atoms with E-state index < -0.39 is 0 Å². The highest BCUT2D eigenvalue weighted by Gasteiger charge is 2.37. The van der Waals surface area contributed by atoms with Crippen molar-refractivity contribution in [3.05, 3.63) is 23.8 Å². The van der Waals surface area contributed by atoms with Crippen LogP contribution in [0.5, 0.6) is 11.5 Å². The van der Waals surface area contributed by atoms with Crippen LogP contribution in [0, 0.1) is 0 Å². The number of aryl methyl sites for hydroxylation is 1. The third-order valence-corrected chi connectivity index (χ3v) is 3.97. The minimum absolute atomic E-state index is 0. The van der Waals surface area contributed by atoms with Gasteiger partial charge >= 0.3 is 0 Å². The molecule has 1 N–H and O–H groups in total. The molecule has 1 spiro atoms.